The van der Waals surface area contributed by atoms with Gasteiger partial charge in [-0.25, -0.2) is 4.39 Å². The van der Waals surface area contributed by atoms with Crippen LogP contribution in [-0.4, -0.2) is 29.0 Å². The number of anilines is 2. The van der Waals surface area contributed by atoms with Crippen molar-refractivity contribution >= 4 is 40.4 Å². The number of carbonyl (C=O) groups is 2. The van der Waals surface area contributed by atoms with E-state index >= 15 is 0 Å². The number of alkyl halides is 3. The molecule has 1 atom stereocenters. The second-order valence-electron chi connectivity index (χ2n) is 5.54. The van der Waals surface area contributed by atoms with Gasteiger partial charge >= 0.3 is 6.18 Å². The molecule has 27 heavy (non-hydrogen) atoms. The number of nitrogens with one attached hydrogen (secondary N) is 2. The fourth-order valence-electron chi connectivity index (χ4n) is 2.01. The van der Waals surface area contributed by atoms with Crippen molar-refractivity contribution in [3.8, 4) is 0 Å². The van der Waals surface area contributed by atoms with Crippen molar-refractivity contribution in [3.05, 3.63) is 35.3 Å². The molecule has 2 amide bonds. The van der Waals surface area contributed by atoms with E-state index in [0.29, 0.717) is 11.8 Å². The summed E-state index contributed by atoms with van der Waals surface area (Å²) in [4.78, 5) is 22.8. The van der Waals surface area contributed by atoms with E-state index in [1.165, 1.54) is 13.0 Å². The van der Waals surface area contributed by atoms with Crippen LogP contribution >= 0.6 is 12.2 Å². The molecular weight excluding hydrogens is 390 g/mol. The van der Waals surface area contributed by atoms with Gasteiger partial charge in [0.1, 0.15) is 16.8 Å². The molecule has 1 rings (SSSR count). The maximum Gasteiger partial charge on any atom is 0.391 e. The van der Waals surface area contributed by atoms with Gasteiger partial charge in [0.15, 0.2) is 0 Å². The smallest absolute Gasteiger partial charge is 0.391 e. The Morgan fingerprint density at radius 1 is 1.22 bits per heavy atom. The number of hydrogen-bond acceptors (Lipinski definition) is 5. The zero-order chi connectivity index (χ0) is 20.9. The van der Waals surface area contributed by atoms with E-state index in [4.69, 9.17) is 29.4 Å². The molecule has 0 bridgehead atoms. The van der Waals surface area contributed by atoms with Gasteiger partial charge in [-0.1, -0.05) is 12.2 Å². The Bertz CT molecular complexity index is 791. The summed E-state index contributed by atoms with van der Waals surface area (Å²) in [6.45, 7) is 1.54. The molecule has 8 N–H and O–H groups in total. The average molecular weight is 407 g/mol. The van der Waals surface area contributed by atoms with Crippen LogP contribution < -0.4 is 27.8 Å². The first-order valence-corrected chi connectivity index (χ1v) is 7.71. The Morgan fingerprint density at radius 3 is 2.26 bits per heavy atom. The standard InChI is InChI=1S/C15H17F4N5O2S/c1-6(20)2-12(27)24-9-4-10(8(16)3-7(9)13(21)25)23-11(14(22)26)5-15(17,18)19/h2-4,11,23H,5,20H2,1H3,(H2,21,25)(H2,22,26)(H,24,27). The highest BCUT2D eigenvalue weighted by Crippen LogP contribution is 2.28. The molecule has 0 saturated heterocycles. The van der Waals surface area contributed by atoms with Crippen LogP contribution in [0.25, 0.3) is 0 Å². The molecule has 0 fully saturated rings. The number of nitrogens with two attached hydrogens (primary N) is 3. The third-order valence-electron chi connectivity index (χ3n) is 3.10. The normalized spacial score (nSPS) is 13.0. The molecule has 0 spiro atoms. The van der Waals surface area contributed by atoms with E-state index in [0.717, 1.165) is 6.07 Å². The Balaban J connectivity index is 3.29. The summed E-state index contributed by atoms with van der Waals surface area (Å²) in [6.07, 6.45) is -5.01. The summed E-state index contributed by atoms with van der Waals surface area (Å²) >= 11 is 4.98. The summed E-state index contributed by atoms with van der Waals surface area (Å²) in [5, 5.41) is 4.65. The van der Waals surface area contributed by atoms with Gasteiger partial charge in [-0.15, -0.1) is 0 Å². The number of allylic oxidation sites excluding steroid dienone is 1. The van der Waals surface area contributed by atoms with Gasteiger partial charge in [0.25, 0.3) is 5.91 Å². The second-order valence-corrected chi connectivity index (χ2v) is 5.98. The Morgan fingerprint density at radius 2 is 1.81 bits per heavy atom. The molecule has 0 aliphatic carbocycles. The third kappa shape index (κ3) is 7.09. The van der Waals surface area contributed by atoms with E-state index in [2.05, 4.69) is 10.6 Å². The number of thiocarbonyl (C=S) groups is 1. The molecule has 1 aromatic rings. The molecule has 0 aromatic heterocycles. The highest BCUT2D eigenvalue weighted by atomic mass is 32.1. The number of carbonyl (C=O) groups excluding carboxylic acids is 2. The summed E-state index contributed by atoms with van der Waals surface area (Å²) in [6, 6.07) is -0.279. The molecule has 0 saturated carbocycles. The van der Waals surface area contributed by atoms with Crippen molar-refractivity contribution < 1.29 is 27.2 Å². The molecule has 1 aromatic carbocycles. The van der Waals surface area contributed by atoms with Gasteiger partial charge in [0, 0.05) is 5.70 Å². The maximum atomic E-state index is 14.2. The van der Waals surface area contributed by atoms with Crippen LogP contribution in [0, 0.1) is 5.82 Å². The molecule has 1 unspecified atom stereocenters. The van der Waals surface area contributed by atoms with Crippen LogP contribution in [0.5, 0.6) is 0 Å². The average Bonchev–Trinajstić information content (AvgIpc) is 2.46. The first-order valence-electron chi connectivity index (χ1n) is 7.31. The van der Waals surface area contributed by atoms with E-state index in [9.17, 15) is 27.2 Å². The maximum absolute atomic E-state index is 14.2. The van der Waals surface area contributed by atoms with Crippen LogP contribution in [-0.2, 0) is 4.79 Å². The molecule has 148 valence electrons. The van der Waals surface area contributed by atoms with Gasteiger partial charge in [-0.05, 0) is 25.1 Å². The van der Waals surface area contributed by atoms with Gasteiger partial charge < -0.3 is 27.8 Å². The van der Waals surface area contributed by atoms with Crippen molar-refractivity contribution in [1.82, 2.24) is 0 Å². The lowest BCUT2D eigenvalue weighted by Crippen LogP contribution is -2.39. The van der Waals surface area contributed by atoms with Crippen LogP contribution in [0.15, 0.2) is 23.9 Å². The van der Waals surface area contributed by atoms with E-state index in [1.807, 2.05) is 0 Å². The van der Waals surface area contributed by atoms with Crippen LogP contribution in [0.2, 0.25) is 0 Å². The Labute approximate surface area is 156 Å². The molecule has 0 aliphatic heterocycles. The van der Waals surface area contributed by atoms with Gasteiger partial charge in [0.2, 0.25) is 5.91 Å². The zero-order valence-electron chi connectivity index (χ0n) is 14.0. The predicted molar refractivity (Wildman–Crippen MR) is 96.4 cm³/mol. The van der Waals surface area contributed by atoms with E-state index in [-0.39, 0.29) is 16.2 Å². The van der Waals surface area contributed by atoms with Gasteiger partial charge in [-0.3, -0.25) is 9.59 Å². The number of benzene rings is 1. The van der Waals surface area contributed by atoms with Crippen molar-refractivity contribution in [2.24, 2.45) is 17.2 Å². The lowest BCUT2D eigenvalue weighted by molar-refractivity contribution is -0.144. The van der Waals surface area contributed by atoms with Crippen molar-refractivity contribution in [1.29, 1.82) is 0 Å². The van der Waals surface area contributed by atoms with Crippen molar-refractivity contribution in [3.63, 3.8) is 0 Å². The van der Waals surface area contributed by atoms with Gasteiger partial charge in [-0.2, -0.15) is 13.2 Å². The quantitative estimate of drug-likeness (QED) is 0.265. The summed E-state index contributed by atoms with van der Waals surface area (Å²) in [5.74, 6) is -3.46. The highest BCUT2D eigenvalue weighted by molar-refractivity contribution is 7.81. The molecule has 0 heterocycles. The summed E-state index contributed by atoms with van der Waals surface area (Å²) in [7, 11) is 0. The fourth-order valence-corrected chi connectivity index (χ4v) is 2.30. The van der Waals surface area contributed by atoms with Crippen LogP contribution in [0.3, 0.4) is 0 Å². The lowest BCUT2D eigenvalue weighted by Gasteiger charge is -2.20. The fraction of sp³-hybridized carbons (Fsp3) is 0.267. The number of rotatable bonds is 7. The largest absolute Gasteiger partial charge is 0.402 e. The summed E-state index contributed by atoms with van der Waals surface area (Å²) < 4.78 is 51.9. The first-order chi connectivity index (χ1) is 12.3. The second kappa shape index (κ2) is 8.66. The van der Waals surface area contributed by atoms with Gasteiger partial charge in [0.05, 0.1) is 23.4 Å². The number of primary amides is 2. The minimum Gasteiger partial charge on any atom is -0.402 e. The first kappa shape index (κ1) is 22.2. The zero-order valence-corrected chi connectivity index (χ0v) is 14.8. The Kier molecular flexibility index (Phi) is 7.11. The minimum absolute atomic E-state index is 0.0387. The third-order valence-corrected chi connectivity index (χ3v) is 3.32. The molecular formula is C15H17F4N5O2S. The number of hydrogen-bond donors (Lipinski definition) is 5. The molecule has 12 heteroatoms. The van der Waals surface area contributed by atoms with Crippen molar-refractivity contribution in [2.45, 2.75) is 25.6 Å². The number of amides is 2. The summed E-state index contributed by atoms with van der Waals surface area (Å²) in [5.41, 5.74) is 15.0. The SMILES string of the molecule is CC(N)=CC(=S)Nc1cc(NC(CC(F)(F)F)C(N)=O)c(F)cc1C(N)=O. The van der Waals surface area contributed by atoms with Crippen LogP contribution in [0.4, 0.5) is 28.9 Å². The number of halogens is 4. The topological polar surface area (TPSA) is 136 Å². The monoisotopic (exact) mass is 407 g/mol. The van der Waals surface area contributed by atoms with E-state index in [1.54, 1.807) is 0 Å². The van der Waals surface area contributed by atoms with Crippen LogP contribution in [0.1, 0.15) is 23.7 Å². The minimum atomic E-state index is -4.72. The molecule has 7 nitrogen and oxygen atoms in total. The predicted octanol–water partition coefficient (Wildman–Crippen LogP) is 1.74. The molecule has 0 aliphatic rings. The lowest BCUT2D eigenvalue weighted by atomic mass is 10.1. The Hall–Kier alpha value is -2.89. The van der Waals surface area contributed by atoms with E-state index < -0.39 is 42.0 Å². The van der Waals surface area contributed by atoms with Crippen molar-refractivity contribution in [2.75, 3.05) is 10.6 Å². The highest BCUT2D eigenvalue weighted by Gasteiger charge is 2.35. The molecule has 0 radical (unpaired) electrons.